The van der Waals surface area contributed by atoms with E-state index in [1.165, 1.54) is 141 Å². The van der Waals surface area contributed by atoms with Crippen LogP contribution < -0.4 is 9.47 Å². The van der Waals surface area contributed by atoms with Crippen molar-refractivity contribution in [3.63, 3.8) is 0 Å². The molecule has 2 aliphatic rings. The van der Waals surface area contributed by atoms with Crippen molar-refractivity contribution >= 4 is 0 Å². The molecule has 2 fully saturated rings. The zero-order valence-corrected chi connectivity index (χ0v) is 35.5. The zero-order valence-electron chi connectivity index (χ0n) is 35.5. The van der Waals surface area contributed by atoms with E-state index in [4.69, 9.17) is 18.9 Å². The summed E-state index contributed by atoms with van der Waals surface area (Å²) < 4.78 is 24.6. The first-order valence-corrected chi connectivity index (χ1v) is 23.2. The Morgan fingerprint density at radius 1 is 0.426 bits per heavy atom. The molecule has 0 amide bonds. The maximum absolute atomic E-state index is 6.19. The average Bonchev–Trinajstić information content (AvgIpc) is 3.21. The van der Waals surface area contributed by atoms with Gasteiger partial charge in [-0.15, -0.1) is 0 Å². The zero-order chi connectivity index (χ0) is 38.1. The highest BCUT2D eigenvalue weighted by molar-refractivity contribution is 5.27. The second-order valence-corrected chi connectivity index (χ2v) is 17.5. The predicted octanol–water partition coefficient (Wildman–Crippen LogP) is 14.8. The van der Waals surface area contributed by atoms with Crippen molar-refractivity contribution < 1.29 is 18.9 Å². The first kappa shape index (κ1) is 44.7. The van der Waals surface area contributed by atoms with E-state index in [-0.39, 0.29) is 12.2 Å². The van der Waals surface area contributed by atoms with Gasteiger partial charge in [0.1, 0.15) is 11.5 Å². The van der Waals surface area contributed by atoms with E-state index in [0.717, 1.165) is 72.4 Å². The lowest BCUT2D eigenvalue weighted by molar-refractivity contribution is -0.0687. The Labute approximate surface area is 333 Å². The maximum Gasteiger partial charge on any atom is 0.119 e. The summed E-state index contributed by atoms with van der Waals surface area (Å²) in [6.45, 7) is 11.6. The van der Waals surface area contributed by atoms with Crippen LogP contribution in [0.2, 0.25) is 0 Å². The molecule has 4 heteroatoms. The van der Waals surface area contributed by atoms with Gasteiger partial charge >= 0.3 is 0 Å². The fourth-order valence-corrected chi connectivity index (χ4v) is 8.91. The number of unbranched alkanes of at least 4 members (excludes halogenated alkanes) is 8. The lowest BCUT2D eigenvalue weighted by atomic mass is 9.78. The molecule has 0 bridgehead atoms. The van der Waals surface area contributed by atoms with E-state index in [1.54, 1.807) is 0 Å². The molecule has 2 aliphatic carbocycles. The van der Waals surface area contributed by atoms with Crippen molar-refractivity contribution in [1.29, 1.82) is 0 Å². The normalized spacial score (nSPS) is 21.5. The molecule has 0 aromatic heterocycles. The van der Waals surface area contributed by atoms with Crippen LogP contribution in [0.3, 0.4) is 0 Å². The van der Waals surface area contributed by atoms with E-state index < -0.39 is 0 Å². The first-order chi connectivity index (χ1) is 26.5. The van der Waals surface area contributed by atoms with Crippen LogP contribution in [0.25, 0.3) is 0 Å². The molecular formula is C50H82O4. The lowest BCUT2D eigenvalue weighted by Gasteiger charge is -2.28. The molecule has 2 aromatic carbocycles. The largest absolute Gasteiger partial charge is 0.494 e. The van der Waals surface area contributed by atoms with Crippen LogP contribution in [-0.2, 0) is 22.7 Å². The molecular weight excluding hydrogens is 665 g/mol. The van der Waals surface area contributed by atoms with Gasteiger partial charge in [0, 0.05) is 0 Å². The number of hydrogen-bond donors (Lipinski definition) is 0. The second-order valence-electron chi connectivity index (χ2n) is 17.5. The fourth-order valence-electron chi connectivity index (χ4n) is 8.91. The minimum atomic E-state index is -0.00464. The van der Waals surface area contributed by atoms with E-state index in [9.17, 15) is 0 Å². The molecule has 0 saturated heterocycles. The van der Waals surface area contributed by atoms with Gasteiger partial charge < -0.3 is 18.9 Å². The SMILES string of the molecule is CCCCCCCC1CCC(CCCOc2ccc(CO[C@H](C)[C@@H](C)OCc3ccc(OCCCC4CCC(CCCCCCC)CC4)cc3)cc2)CC1. The van der Waals surface area contributed by atoms with E-state index in [0.29, 0.717) is 13.2 Å². The molecule has 0 unspecified atom stereocenters. The fraction of sp³-hybridized carbons (Fsp3) is 0.760. The Morgan fingerprint density at radius 2 is 0.741 bits per heavy atom. The molecule has 4 rings (SSSR count). The summed E-state index contributed by atoms with van der Waals surface area (Å²) in [5.41, 5.74) is 2.32. The second kappa shape index (κ2) is 27.5. The topological polar surface area (TPSA) is 36.9 Å². The summed E-state index contributed by atoms with van der Waals surface area (Å²) in [5.74, 6) is 5.74. The van der Waals surface area contributed by atoms with Gasteiger partial charge in [0.05, 0.1) is 38.6 Å². The van der Waals surface area contributed by atoms with Gasteiger partial charge in [-0.3, -0.25) is 0 Å². The third kappa shape index (κ3) is 18.7. The standard InChI is InChI=1S/C50H82O4/c1-5-7-9-11-13-17-43-21-25-45(26-22-43)19-15-37-51-49-33-29-47(30-34-49)39-53-41(3)42(4)54-40-48-31-35-50(36-32-48)52-38-16-20-46-27-23-44(24-28-46)18-14-12-10-8-6-2/h29-36,41-46H,5-28,37-40H2,1-4H3/t41-,42-,43?,44?,45?,46?/m1/s1. The highest BCUT2D eigenvalue weighted by atomic mass is 16.5. The minimum Gasteiger partial charge on any atom is -0.494 e. The molecule has 306 valence electrons. The Kier molecular flexibility index (Phi) is 22.8. The average molecular weight is 747 g/mol. The van der Waals surface area contributed by atoms with Gasteiger partial charge in [-0.05, 0) is 98.6 Å². The summed E-state index contributed by atoms with van der Waals surface area (Å²) in [7, 11) is 0. The molecule has 0 N–H and O–H groups in total. The van der Waals surface area contributed by atoms with Crippen molar-refractivity contribution in [1.82, 2.24) is 0 Å². The van der Waals surface area contributed by atoms with Gasteiger partial charge in [-0.1, -0.05) is 167 Å². The van der Waals surface area contributed by atoms with Crippen LogP contribution >= 0.6 is 0 Å². The Morgan fingerprint density at radius 3 is 1.07 bits per heavy atom. The van der Waals surface area contributed by atoms with Gasteiger partial charge in [-0.2, -0.15) is 0 Å². The molecule has 0 radical (unpaired) electrons. The van der Waals surface area contributed by atoms with Gasteiger partial charge in [0.25, 0.3) is 0 Å². The van der Waals surface area contributed by atoms with E-state index >= 15 is 0 Å². The highest BCUT2D eigenvalue weighted by Gasteiger charge is 2.22. The molecule has 0 heterocycles. The van der Waals surface area contributed by atoms with Crippen LogP contribution in [0.5, 0.6) is 11.5 Å². The van der Waals surface area contributed by atoms with Crippen LogP contribution in [0.4, 0.5) is 0 Å². The Hall–Kier alpha value is -2.04. The number of benzene rings is 2. The number of hydrogen-bond acceptors (Lipinski definition) is 4. The highest BCUT2D eigenvalue weighted by Crippen LogP contribution is 2.35. The summed E-state index contributed by atoms with van der Waals surface area (Å²) in [6.07, 6.45) is 33.6. The monoisotopic (exact) mass is 747 g/mol. The van der Waals surface area contributed by atoms with Crippen LogP contribution in [0, 0.1) is 23.7 Å². The smallest absolute Gasteiger partial charge is 0.119 e. The van der Waals surface area contributed by atoms with Crippen molar-refractivity contribution in [3.8, 4) is 11.5 Å². The van der Waals surface area contributed by atoms with Crippen molar-refractivity contribution in [3.05, 3.63) is 59.7 Å². The van der Waals surface area contributed by atoms with E-state index in [1.807, 2.05) is 0 Å². The van der Waals surface area contributed by atoms with Gasteiger partial charge in [-0.25, -0.2) is 0 Å². The van der Waals surface area contributed by atoms with E-state index in [2.05, 4.69) is 76.2 Å². The summed E-state index contributed by atoms with van der Waals surface area (Å²) >= 11 is 0. The number of ether oxygens (including phenoxy) is 4. The molecule has 0 aliphatic heterocycles. The molecule has 2 aromatic rings. The predicted molar refractivity (Wildman–Crippen MR) is 228 cm³/mol. The molecule has 2 atom stereocenters. The van der Waals surface area contributed by atoms with Crippen LogP contribution in [0.15, 0.2) is 48.5 Å². The quantitative estimate of drug-likeness (QED) is 0.0777. The summed E-state index contributed by atoms with van der Waals surface area (Å²) in [6, 6.07) is 16.9. The third-order valence-corrected chi connectivity index (χ3v) is 12.9. The first-order valence-electron chi connectivity index (χ1n) is 23.2. The van der Waals surface area contributed by atoms with Crippen molar-refractivity contribution in [2.24, 2.45) is 23.7 Å². The maximum atomic E-state index is 6.19. The van der Waals surface area contributed by atoms with Gasteiger partial charge in [0.15, 0.2) is 0 Å². The third-order valence-electron chi connectivity index (χ3n) is 12.9. The molecule has 4 nitrogen and oxygen atoms in total. The summed E-state index contributed by atoms with van der Waals surface area (Å²) in [5, 5.41) is 0. The Bertz CT molecular complexity index is 1070. The lowest BCUT2D eigenvalue weighted by Crippen LogP contribution is -2.26. The molecule has 2 saturated carbocycles. The molecule has 0 spiro atoms. The molecule has 54 heavy (non-hydrogen) atoms. The van der Waals surface area contributed by atoms with Crippen molar-refractivity contribution in [2.45, 2.75) is 207 Å². The van der Waals surface area contributed by atoms with Gasteiger partial charge in [0.2, 0.25) is 0 Å². The minimum absolute atomic E-state index is 0.00464. The Balaban J connectivity index is 0.984. The summed E-state index contributed by atoms with van der Waals surface area (Å²) in [4.78, 5) is 0. The van der Waals surface area contributed by atoms with Crippen molar-refractivity contribution in [2.75, 3.05) is 13.2 Å². The van der Waals surface area contributed by atoms with Crippen LogP contribution in [0.1, 0.15) is 193 Å². The van der Waals surface area contributed by atoms with Crippen LogP contribution in [-0.4, -0.2) is 25.4 Å². The number of rotatable bonds is 29.